The Kier molecular flexibility index (Phi) is 3.34. The zero-order chi connectivity index (χ0) is 11.7. The highest BCUT2D eigenvalue weighted by atomic mass is 15.1. The second kappa shape index (κ2) is 4.58. The summed E-state index contributed by atoms with van der Waals surface area (Å²) in [5.74, 6) is 1.39. The van der Waals surface area contributed by atoms with E-state index in [1.165, 1.54) is 30.6 Å². The molecule has 1 aromatic rings. The third-order valence-electron chi connectivity index (χ3n) is 3.79. The number of aryl methyl sites for hydroxylation is 1. The number of hydrogen-bond acceptors (Lipinski definition) is 1. The third kappa shape index (κ3) is 2.30. The van der Waals surface area contributed by atoms with Gasteiger partial charge < -0.3 is 4.90 Å². The van der Waals surface area contributed by atoms with Gasteiger partial charge in [-0.2, -0.15) is 0 Å². The molecule has 1 heteroatoms. The van der Waals surface area contributed by atoms with Gasteiger partial charge in [-0.1, -0.05) is 32.0 Å². The molecule has 1 fully saturated rings. The largest absolute Gasteiger partial charge is 0.306 e. The molecule has 1 aliphatic rings. The van der Waals surface area contributed by atoms with E-state index in [1.54, 1.807) is 5.56 Å². The quantitative estimate of drug-likeness (QED) is 0.732. The van der Waals surface area contributed by atoms with Crippen molar-refractivity contribution >= 4 is 0 Å². The van der Waals surface area contributed by atoms with Crippen LogP contribution >= 0.6 is 0 Å². The van der Waals surface area contributed by atoms with Crippen LogP contribution in [0.1, 0.15) is 48.8 Å². The molecule has 1 nitrogen and oxygen atoms in total. The zero-order valence-electron chi connectivity index (χ0n) is 11.0. The Morgan fingerprint density at radius 3 is 2.56 bits per heavy atom. The zero-order valence-corrected chi connectivity index (χ0v) is 11.0. The predicted molar refractivity (Wildman–Crippen MR) is 70.1 cm³/mol. The fourth-order valence-corrected chi connectivity index (χ4v) is 2.70. The number of hydrogen-bond donors (Lipinski definition) is 0. The molecule has 0 amide bonds. The molecular weight excluding hydrogens is 194 g/mol. The SMILES string of the molecule is Cc1cc(C(C)C)ccc1C1CCN(C)C1. The molecule has 1 unspecified atom stereocenters. The lowest BCUT2D eigenvalue weighted by Crippen LogP contribution is -2.13. The first-order valence-corrected chi connectivity index (χ1v) is 6.37. The van der Waals surface area contributed by atoms with Crippen LogP contribution < -0.4 is 0 Å². The monoisotopic (exact) mass is 217 g/mol. The van der Waals surface area contributed by atoms with Crippen molar-refractivity contribution in [3.05, 3.63) is 34.9 Å². The summed E-state index contributed by atoms with van der Waals surface area (Å²) < 4.78 is 0. The van der Waals surface area contributed by atoms with Gasteiger partial charge in [0.25, 0.3) is 0 Å². The molecule has 0 bridgehead atoms. The maximum absolute atomic E-state index is 2.43. The molecule has 0 N–H and O–H groups in total. The Morgan fingerprint density at radius 1 is 1.31 bits per heavy atom. The van der Waals surface area contributed by atoms with Gasteiger partial charge in [-0.15, -0.1) is 0 Å². The summed E-state index contributed by atoms with van der Waals surface area (Å²) in [5, 5.41) is 0. The normalized spacial score (nSPS) is 21.9. The van der Waals surface area contributed by atoms with Crippen molar-refractivity contribution in [1.29, 1.82) is 0 Å². The first kappa shape index (κ1) is 11.7. The van der Waals surface area contributed by atoms with Gasteiger partial charge in [-0.05, 0) is 55.5 Å². The minimum atomic E-state index is 0.638. The maximum atomic E-state index is 2.43. The molecular formula is C15H23N. The minimum absolute atomic E-state index is 0.638. The van der Waals surface area contributed by atoms with Crippen LogP contribution in [0.3, 0.4) is 0 Å². The van der Waals surface area contributed by atoms with Crippen molar-refractivity contribution in [2.75, 3.05) is 20.1 Å². The second-order valence-corrected chi connectivity index (χ2v) is 5.52. The molecule has 0 saturated carbocycles. The minimum Gasteiger partial charge on any atom is -0.306 e. The van der Waals surface area contributed by atoms with Crippen molar-refractivity contribution < 1.29 is 0 Å². The first-order chi connectivity index (χ1) is 7.58. The van der Waals surface area contributed by atoms with Crippen LogP contribution in [0.4, 0.5) is 0 Å². The van der Waals surface area contributed by atoms with Gasteiger partial charge in [0.2, 0.25) is 0 Å². The molecule has 0 radical (unpaired) electrons. The standard InChI is InChI=1S/C15H23N/c1-11(2)13-5-6-15(12(3)9-13)14-7-8-16(4)10-14/h5-6,9,11,14H,7-8,10H2,1-4H3. The molecule has 16 heavy (non-hydrogen) atoms. The number of benzene rings is 1. The van der Waals surface area contributed by atoms with E-state index >= 15 is 0 Å². The predicted octanol–water partition coefficient (Wildman–Crippen LogP) is 3.54. The molecule has 1 aliphatic heterocycles. The van der Waals surface area contributed by atoms with Gasteiger partial charge in [0, 0.05) is 6.54 Å². The highest BCUT2D eigenvalue weighted by molar-refractivity contribution is 5.35. The summed E-state index contributed by atoms with van der Waals surface area (Å²) in [6.45, 7) is 9.26. The van der Waals surface area contributed by atoms with Gasteiger partial charge in [0.15, 0.2) is 0 Å². The summed E-state index contributed by atoms with van der Waals surface area (Å²) in [5.41, 5.74) is 4.51. The van der Waals surface area contributed by atoms with Crippen LogP contribution in [-0.4, -0.2) is 25.0 Å². The summed E-state index contributed by atoms with van der Waals surface area (Å²) in [7, 11) is 2.22. The van der Waals surface area contributed by atoms with Crippen LogP contribution in [0.5, 0.6) is 0 Å². The maximum Gasteiger partial charge on any atom is 0.00478 e. The first-order valence-electron chi connectivity index (χ1n) is 6.37. The van der Waals surface area contributed by atoms with Crippen molar-refractivity contribution in [2.45, 2.75) is 39.0 Å². The third-order valence-corrected chi connectivity index (χ3v) is 3.79. The topological polar surface area (TPSA) is 3.24 Å². The van der Waals surface area contributed by atoms with E-state index in [2.05, 4.69) is 50.9 Å². The van der Waals surface area contributed by atoms with Gasteiger partial charge >= 0.3 is 0 Å². The average Bonchev–Trinajstić information content (AvgIpc) is 2.64. The van der Waals surface area contributed by atoms with Crippen LogP contribution in [0.2, 0.25) is 0 Å². The van der Waals surface area contributed by atoms with Gasteiger partial charge in [0.05, 0.1) is 0 Å². The summed E-state index contributed by atoms with van der Waals surface area (Å²) in [4.78, 5) is 2.43. The van der Waals surface area contributed by atoms with E-state index < -0.39 is 0 Å². The van der Waals surface area contributed by atoms with E-state index in [9.17, 15) is 0 Å². The smallest absolute Gasteiger partial charge is 0.00478 e. The number of likely N-dealkylation sites (N-methyl/N-ethyl adjacent to an activating group) is 1. The highest BCUT2D eigenvalue weighted by Crippen LogP contribution is 2.30. The summed E-state index contributed by atoms with van der Waals surface area (Å²) in [6.07, 6.45) is 1.32. The fraction of sp³-hybridized carbons (Fsp3) is 0.600. The molecule has 0 aliphatic carbocycles. The Labute approximate surface area is 99.5 Å². The Morgan fingerprint density at radius 2 is 2.06 bits per heavy atom. The van der Waals surface area contributed by atoms with Crippen molar-refractivity contribution in [3.8, 4) is 0 Å². The van der Waals surface area contributed by atoms with E-state index in [-0.39, 0.29) is 0 Å². The number of nitrogens with zero attached hydrogens (tertiary/aromatic N) is 1. The highest BCUT2D eigenvalue weighted by Gasteiger charge is 2.22. The Balaban J connectivity index is 2.22. The van der Waals surface area contributed by atoms with Crippen LogP contribution in [-0.2, 0) is 0 Å². The van der Waals surface area contributed by atoms with Gasteiger partial charge in [-0.3, -0.25) is 0 Å². The van der Waals surface area contributed by atoms with E-state index in [0.717, 1.165) is 5.92 Å². The van der Waals surface area contributed by atoms with Gasteiger partial charge in [-0.25, -0.2) is 0 Å². The van der Waals surface area contributed by atoms with E-state index in [4.69, 9.17) is 0 Å². The molecule has 1 heterocycles. The lowest BCUT2D eigenvalue weighted by Gasteiger charge is -2.16. The molecule has 1 atom stereocenters. The molecule has 1 aromatic carbocycles. The van der Waals surface area contributed by atoms with Crippen molar-refractivity contribution in [3.63, 3.8) is 0 Å². The van der Waals surface area contributed by atoms with Crippen LogP contribution in [0.15, 0.2) is 18.2 Å². The summed E-state index contributed by atoms with van der Waals surface area (Å²) in [6, 6.07) is 7.04. The second-order valence-electron chi connectivity index (χ2n) is 5.52. The number of rotatable bonds is 2. The van der Waals surface area contributed by atoms with E-state index in [1.807, 2.05) is 0 Å². The molecule has 0 aromatic heterocycles. The van der Waals surface area contributed by atoms with Gasteiger partial charge in [0.1, 0.15) is 0 Å². The summed E-state index contributed by atoms with van der Waals surface area (Å²) >= 11 is 0. The molecule has 2 rings (SSSR count). The van der Waals surface area contributed by atoms with E-state index in [0.29, 0.717) is 5.92 Å². The van der Waals surface area contributed by atoms with Crippen LogP contribution in [0, 0.1) is 6.92 Å². The lowest BCUT2D eigenvalue weighted by molar-refractivity contribution is 0.411. The molecule has 0 spiro atoms. The molecule has 1 saturated heterocycles. The average molecular weight is 217 g/mol. The van der Waals surface area contributed by atoms with Crippen molar-refractivity contribution in [1.82, 2.24) is 4.90 Å². The number of likely N-dealkylation sites (tertiary alicyclic amines) is 1. The lowest BCUT2D eigenvalue weighted by atomic mass is 9.90. The Hall–Kier alpha value is -0.820. The Bertz CT molecular complexity index is 368. The molecule has 88 valence electrons. The van der Waals surface area contributed by atoms with Crippen LogP contribution in [0.25, 0.3) is 0 Å². The van der Waals surface area contributed by atoms with Crippen molar-refractivity contribution in [2.24, 2.45) is 0 Å². The fourth-order valence-electron chi connectivity index (χ4n) is 2.70.